The monoisotopic (exact) mass is 325 g/mol. The zero-order valence-corrected chi connectivity index (χ0v) is 13.7. The predicted octanol–water partition coefficient (Wildman–Crippen LogP) is 1.20. The first-order chi connectivity index (χ1) is 11.5. The predicted molar refractivity (Wildman–Crippen MR) is 91.4 cm³/mol. The van der Waals surface area contributed by atoms with Crippen molar-refractivity contribution in [3.05, 3.63) is 46.5 Å². The Labute approximate surface area is 139 Å². The van der Waals surface area contributed by atoms with Gasteiger partial charge in [-0.15, -0.1) is 10.2 Å². The molecule has 0 unspecified atom stereocenters. The number of nitrogens with two attached hydrogens (primary N) is 1. The van der Waals surface area contributed by atoms with Gasteiger partial charge in [0.15, 0.2) is 23.2 Å². The Balaban J connectivity index is 1.98. The third-order valence-electron chi connectivity index (χ3n) is 3.95. The van der Waals surface area contributed by atoms with Crippen LogP contribution in [-0.2, 0) is 0 Å². The summed E-state index contributed by atoms with van der Waals surface area (Å²) >= 11 is 0. The largest absolute Gasteiger partial charge is 0.382 e. The molecule has 24 heavy (non-hydrogen) atoms. The number of nitrogen functional groups attached to an aromatic ring is 1. The van der Waals surface area contributed by atoms with E-state index in [2.05, 4.69) is 20.4 Å². The van der Waals surface area contributed by atoms with Crippen molar-refractivity contribution < 1.29 is 9.59 Å². The second-order valence-corrected chi connectivity index (χ2v) is 5.97. The second-order valence-electron chi connectivity index (χ2n) is 5.97. The van der Waals surface area contributed by atoms with E-state index in [1.54, 1.807) is 24.3 Å². The zero-order valence-electron chi connectivity index (χ0n) is 13.7. The van der Waals surface area contributed by atoms with Crippen LogP contribution in [0.5, 0.6) is 0 Å². The van der Waals surface area contributed by atoms with E-state index in [4.69, 9.17) is 5.73 Å². The minimum atomic E-state index is -0.288. The summed E-state index contributed by atoms with van der Waals surface area (Å²) in [6.07, 6.45) is 0.868. The summed E-state index contributed by atoms with van der Waals surface area (Å²) in [4.78, 5) is 27.6. The Morgan fingerprint density at radius 2 is 1.67 bits per heavy atom. The van der Waals surface area contributed by atoms with E-state index in [1.165, 1.54) is 0 Å². The number of carbonyl (C=O) groups excluding carboxylic acids is 2. The van der Waals surface area contributed by atoms with Gasteiger partial charge >= 0.3 is 0 Å². The van der Waals surface area contributed by atoms with Crippen LogP contribution in [-0.4, -0.2) is 53.8 Å². The van der Waals surface area contributed by atoms with E-state index in [0.29, 0.717) is 23.5 Å². The lowest BCUT2D eigenvalue weighted by Gasteiger charge is -2.20. The molecule has 2 aromatic rings. The van der Waals surface area contributed by atoms with Crippen LogP contribution in [0, 0.1) is 0 Å². The molecule has 0 atom stereocenters. The quantitative estimate of drug-likeness (QED) is 0.680. The van der Waals surface area contributed by atoms with Crippen molar-refractivity contribution in [2.45, 2.75) is 6.42 Å². The lowest BCUT2D eigenvalue weighted by molar-refractivity contribution is 0.0979. The molecular weight excluding hydrogens is 306 g/mol. The molecule has 1 heterocycles. The molecule has 0 saturated carbocycles. The molecule has 124 valence electrons. The standard InChI is InChI=1S/C17H19N5O2/c1-22(2)9-5-8-19-17-13-12(16(18)20-21-17)14(23)10-6-3-4-7-11(10)15(13)24/h3-4,6-7H,5,8-9H2,1-2H3,(H2,18,20)(H,19,21). The number of nitrogens with one attached hydrogen (secondary N) is 1. The first-order valence-electron chi connectivity index (χ1n) is 7.74. The highest BCUT2D eigenvalue weighted by molar-refractivity contribution is 6.31. The lowest BCUT2D eigenvalue weighted by Crippen LogP contribution is -2.26. The zero-order chi connectivity index (χ0) is 17.3. The molecule has 1 aromatic carbocycles. The van der Waals surface area contributed by atoms with Gasteiger partial charge in [-0.2, -0.15) is 0 Å². The van der Waals surface area contributed by atoms with Gasteiger partial charge in [-0.3, -0.25) is 9.59 Å². The number of benzene rings is 1. The van der Waals surface area contributed by atoms with Gasteiger partial charge in [0.25, 0.3) is 0 Å². The summed E-state index contributed by atoms with van der Waals surface area (Å²) in [5.74, 6) is -0.247. The van der Waals surface area contributed by atoms with Crippen LogP contribution < -0.4 is 11.1 Å². The number of rotatable bonds is 5. The Morgan fingerprint density at radius 1 is 1.04 bits per heavy atom. The fourth-order valence-electron chi connectivity index (χ4n) is 2.78. The number of ketones is 2. The Kier molecular flexibility index (Phi) is 4.26. The fraction of sp³-hybridized carbons (Fsp3) is 0.294. The van der Waals surface area contributed by atoms with Crippen LogP contribution in [0.3, 0.4) is 0 Å². The normalized spacial score (nSPS) is 13.0. The van der Waals surface area contributed by atoms with Crippen LogP contribution in [0.2, 0.25) is 0 Å². The van der Waals surface area contributed by atoms with Gasteiger partial charge in [-0.1, -0.05) is 24.3 Å². The number of fused-ring (bicyclic) bond motifs is 2. The highest BCUT2D eigenvalue weighted by atomic mass is 16.1. The molecule has 7 heteroatoms. The molecule has 1 aromatic heterocycles. The molecule has 0 aliphatic heterocycles. The Hall–Kier alpha value is -2.80. The summed E-state index contributed by atoms with van der Waals surface area (Å²) < 4.78 is 0. The van der Waals surface area contributed by atoms with Gasteiger partial charge in [0.1, 0.15) is 0 Å². The van der Waals surface area contributed by atoms with Gasteiger partial charge in [0.2, 0.25) is 0 Å². The van der Waals surface area contributed by atoms with E-state index in [0.717, 1.165) is 13.0 Å². The third kappa shape index (κ3) is 2.74. The molecule has 0 radical (unpaired) electrons. The SMILES string of the molecule is CN(C)CCCNc1nnc(N)c2c1C(=O)c1ccccc1C2=O. The topological polar surface area (TPSA) is 101 Å². The fourth-order valence-corrected chi connectivity index (χ4v) is 2.78. The Morgan fingerprint density at radius 3 is 2.29 bits per heavy atom. The lowest BCUT2D eigenvalue weighted by atomic mass is 9.84. The molecular formula is C17H19N5O2. The van der Waals surface area contributed by atoms with Gasteiger partial charge in [-0.25, -0.2) is 0 Å². The number of hydrogen-bond acceptors (Lipinski definition) is 7. The third-order valence-corrected chi connectivity index (χ3v) is 3.95. The first kappa shape index (κ1) is 16.1. The van der Waals surface area contributed by atoms with Crippen molar-refractivity contribution in [2.75, 3.05) is 38.2 Å². The number of aromatic nitrogens is 2. The average molecular weight is 325 g/mol. The number of hydrogen-bond donors (Lipinski definition) is 2. The summed E-state index contributed by atoms with van der Waals surface area (Å²) in [7, 11) is 3.98. The summed E-state index contributed by atoms with van der Waals surface area (Å²) in [6.45, 7) is 1.51. The van der Waals surface area contributed by atoms with Crippen LogP contribution in [0.25, 0.3) is 0 Å². The number of carbonyl (C=O) groups is 2. The van der Waals surface area contributed by atoms with Crippen molar-refractivity contribution >= 4 is 23.2 Å². The molecule has 0 fully saturated rings. The van der Waals surface area contributed by atoms with Gasteiger partial charge < -0.3 is 16.0 Å². The van der Waals surface area contributed by atoms with Crippen LogP contribution in [0.1, 0.15) is 38.3 Å². The smallest absolute Gasteiger partial charge is 0.198 e. The maximum absolute atomic E-state index is 12.8. The van der Waals surface area contributed by atoms with Crippen LogP contribution in [0.4, 0.5) is 11.6 Å². The molecule has 3 rings (SSSR count). The second kappa shape index (κ2) is 6.37. The Bertz CT molecular complexity index is 817. The van der Waals surface area contributed by atoms with E-state index < -0.39 is 0 Å². The van der Waals surface area contributed by atoms with Crippen LogP contribution >= 0.6 is 0 Å². The van der Waals surface area contributed by atoms with Crippen molar-refractivity contribution in [1.82, 2.24) is 15.1 Å². The summed E-state index contributed by atoms with van der Waals surface area (Å²) in [6, 6.07) is 6.73. The van der Waals surface area contributed by atoms with Gasteiger partial charge in [-0.05, 0) is 27.1 Å². The molecule has 0 saturated heterocycles. The molecule has 1 aliphatic rings. The van der Waals surface area contributed by atoms with E-state index in [1.807, 2.05) is 14.1 Å². The van der Waals surface area contributed by atoms with Gasteiger partial charge in [0.05, 0.1) is 11.1 Å². The average Bonchev–Trinajstić information content (AvgIpc) is 2.57. The van der Waals surface area contributed by atoms with Crippen molar-refractivity contribution in [2.24, 2.45) is 0 Å². The van der Waals surface area contributed by atoms with E-state index >= 15 is 0 Å². The van der Waals surface area contributed by atoms with E-state index in [9.17, 15) is 9.59 Å². The van der Waals surface area contributed by atoms with Crippen molar-refractivity contribution in [3.63, 3.8) is 0 Å². The van der Waals surface area contributed by atoms with Crippen molar-refractivity contribution in [3.8, 4) is 0 Å². The summed E-state index contributed by atoms with van der Waals surface area (Å²) in [5, 5.41) is 10.9. The molecule has 0 bridgehead atoms. The van der Waals surface area contributed by atoms with Crippen molar-refractivity contribution in [1.29, 1.82) is 0 Å². The molecule has 3 N–H and O–H groups in total. The first-order valence-corrected chi connectivity index (χ1v) is 7.74. The maximum atomic E-state index is 12.8. The minimum absolute atomic E-state index is 0.0169. The molecule has 0 spiro atoms. The summed E-state index contributed by atoms with van der Waals surface area (Å²) in [5.41, 5.74) is 6.92. The molecule has 1 aliphatic carbocycles. The number of anilines is 2. The number of nitrogens with zero attached hydrogens (tertiary/aromatic N) is 3. The highest BCUT2D eigenvalue weighted by Gasteiger charge is 2.34. The highest BCUT2D eigenvalue weighted by Crippen LogP contribution is 2.32. The maximum Gasteiger partial charge on any atom is 0.198 e. The van der Waals surface area contributed by atoms with Gasteiger partial charge in [0, 0.05) is 17.7 Å². The molecule has 0 amide bonds. The van der Waals surface area contributed by atoms with Crippen LogP contribution in [0.15, 0.2) is 24.3 Å². The van der Waals surface area contributed by atoms with E-state index in [-0.39, 0.29) is 28.5 Å². The minimum Gasteiger partial charge on any atom is -0.382 e. The molecule has 7 nitrogen and oxygen atoms in total.